The molecule has 0 bridgehead atoms. The van der Waals surface area contributed by atoms with Crippen molar-refractivity contribution in [1.29, 1.82) is 0 Å². The van der Waals surface area contributed by atoms with Crippen LogP contribution in [0.25, 0.3) is 0 Å². The van der Waals surface area contributed by atoms with Gasteiger partial charge in [0.05, 0.1) is 5.75 Å². The number of aryl methyl sites for hydroxylation is 1. The molecule has 1 saturated carbocycles. The molecule has 3 rings (SSSR count). The number of carbonyl (C=O) groups excluding carboxylic acids is 1. The second kappa shape index (κ2) is 11.2. The monoisotopic (exact) mass is 400 g/mol. The number of nitrogens with zero attached hydrogens (tertiary/aromatic N) is 3. The van der Waals surface area contributed by atoms with Crippen LogP contribution >= 0.6 is 11.8 Å². The number of rotatable bonds is 10. The van der Waals surface area contributed by atoms with Crippen molar-refractivity contribution in [2.45, 2.75) is 70.0 Å². The van der Waals surface area contributed by atoms with Gasteiger partial charge in [-0.05, 0) is 31.2 Å². The second-order valence-corrected chi connectivity index (χ2v) is 8.50. The second-order valence-electron chi connectivity index (χ2n) is 7.56. The lowest BCUT2D eigenvalue weighted by atomic mass is 9.86. The van der Waals surface area contributed by atoms with Gasteiger partial charge in [0.15, 0.2) is 5.16 Å². The average molecular weight is 401 g/mol. The normalized spacial score (nSPS) is 14.9. The summed E-state index contributed by atoms with van der Waals surface area (Å²) in [6.45, 7) is 3.64. The van der Waals surface area contributed by atoms with E-state index in [1.54, 1.807) is 0 Å². The maximum absolute atomic E-state index is 12.2. The van der Waals surface area contributed by atoms with Crippen molar-refractivity contribution < 1.29 is 4.79 Å². The summed E-state index contributed by atoms with van der Waals surface area (Å²) in [6, 6.07) is 10.2. The molecule has 5 nitrogen and oxygen atoms in total. The van der Waals surface area contributed by atoms with E-state index >= 15 is 0 Å². The molecule has 1 aromatic carbocycles. The summed E-state index contributed by atoms with van der Waals surface area (Å²) in [5.74, 6) is 2.35. The first kappa shape index (κ1) is 20.9. The maximum Gasteiger partial charge on any atom is 0.230 e. The largest absolute Gasteiger partial charge is 0.355 e. The molecule has 28 heavy (non-hydrogen) atoms. The highest BCUT2D eigenvalue weighted by atomic mass is 32.2. The Morgan fingerprint density at radius 3 is 2.68 bits per heavy atom. The molecule has 1 fully saturated rings. The van der Waals surface area contributed by atoms with Crippen molar-refractivity contribution in [3.8, 4) is 0 Å². The van der Waals surface area contributed by atoms with Gasteiger partial charge in [-0.2, -0.15) is 0 Å². The Hall–Kier alpha value is -1.82. The summed E-state index contributed by atoms with van der Waals surface area (Å²) in [7, 11) is 0. The Morgan fingerprint density at radius 1 is 1.14 bits per heavy atom. The van der Waals surface area contributed by atoms with E-state index in [1.807, 2.05) is 18.2 Å². The van der Waals surface area contributed by atoms with E-state index < -0.39 is 0 Å². The van der Waals surface area contributed by atoms with Crippen LogP contribution in [0.1, 0.15) is 56.8 Å². The molecular weight excluding hydrogens is 368 g/mol. The highest BCUT2D eigenvalue weighted by molar-refractivity contribution is 7.99. The number of carbonyl (C=O) groups is 1. The van der Waals surface area contributed by atoms with E-state index in [0.29, 0.717) is 12.3 Å². The number of aromatic nitrogens is 3. The zero-order valence-corrected chi connectivity index (χ0v) is 17.7. The van der Waals surface area contributed by atoms with Gasteiger partial charge < -0.3 is 9.88 Å². The van der Waals surface area contributed by atoms with Crippen LogP contribution < -0.4 is 5.32 Å². The SMILES string of the molecule is CCn1c(CCC2CCCCC2)nnc1SCC(=O)NCCc1ccccc1. The predicted octanol–water partition coefficient (Wildman–Crippen LogP) is 4.26. The zero-order valence-electron chi connectivity index (χ0n) is 16.9. The zero-order chi connectivity index (χ0) is 19.6. The van der Waals surface area contributed by atoms with E-state index in [0.717, 1.165) is 36.3 Å². The average Bonchev–Trinajstić information content (AvgIpc) is 3.14. The highest BCUT2D eigenvalue weighted by Crippen LogP contribution is 2.27. The van der Waals surface area contributed by atoms with E-state index in [4.69, 9.17) is 0 Å². The molecule has 1 amide bonds. The minimum atomic E-state index is 0.0512. The Morgan fingerprint density at radius 2 is 1.93 bits per heavy atom. The fourth-order valence-corrected chi connectivity index (χ4v) is 4.76. The molecule has 0 saturated heterocycles. The molecule has 6 heteroatoms. The van der Waals surface area contributed by atoms with E-state index in [1.165, 1.54) is 55.9 Å². The van der Waals surface area contributed by atoms with Crippen molar-refractivity contribution in [3.63, 3.8) is 0 Å². The predicted molar refractivity (Wildman–Crippen MR) is 114 cm³/mol. The van der Waals surface area contributed by atoms with Gasteiger partial charge in [0.1, 0.15) is 5.82 Å². The number of thioether (sulfide) groups is 1. The van der Waals surface area contributed by atoms with Crippen LogP contribution in [0.3, 0.4) is 0 Å². The van der Waals surface area contributed by atoms with Crippen LogP contribution in [0.4, 0.5) is 0 Å². The van der Waals surface area contributed by atoms with Crippen LogP contribution in [0.15, 0.2) is 35.5 Å². The van der Waals surface area contributed by atoms with Gasteiger partial charge in [-0.3, -0.25) is 4.79 Å². The fourth-order valence-electron chi connectivity index (χ4n) is 3.91. The lowest BCUT2D eigenvalue weighted by Gasteiger charge is -2.21. The summed E-state index contributed by atoms with van der Waals surface area (Å²) < 4.78 is 2.17. The van der Waals surface area contributed by atoms with Gasteiger partial charge in [-0.1, -0.05) is 74.2 Å². The lowest BCUT2D eigenvalue weighted by Crippen LogP contribution is -2.27. The van der Waals surface area contributed by atoms with Gasteiger partial charge in [0.25, 0.3) is 0 Å². The van der Waals surface area contributed by atoms with Crippen LogP contribution in [-0.4, -0.2) is 33.0 Å². The topological polar surface area (TPSA) is 59.8 Å². The summed E-state index contributed by atoms with van der Waals surface area (Å²) in [5.41, 5.74) is 1.24. The first-order valence-corrected chi connectivity index (χ1v) is 11.6. The Bertz CT molecular complexity index is 725. The third-order valence-electron chi connectivity index (χ3n) is 5.52. The van der Waals surface area contributed by atoms with Crippen LogP contribution in [-0.2, 0) is 24.2 Å². The quantitative estimate of drug-likeness (QED) is 0.605. The van der Waals surface area contributed by atoms with Gasteiger partial charge in [-0.25, -0.2) is 0 Å². The van der Waals surface area contributed by atoms with Crippen molar-refractivity contribution >= 4 is 17.7 Å². The number of amides is 1. The van der Waals surface area contributed by atoms with Crippen molar-refractivity contribution in [1.82, 2.24) is 20.1 Å². The molecule has 1 aromatic heterocycles. The molecule has 2 aromatic rings. The third-order valence-corrected chi connectivity index (χ3v) is 6.49. The van der Waals surface area contributed by atoms with Crippen LogP contribution in [0.5, 0.6) is 0 Å². The summed E-state index contributed by atoms with van der Waals surface area (Å²) in [6.07, 6.45) is 9.95. The van der Waals surface area contributed by atoms with Crippen LogP contribution in [0.2, 0.25) is 0 Å². The van der Waals surface area contributed by atoms with Crippen molar-refractivity contribution in [2.75, 3.05) is 12.3 Å². The lowest BCUT2D eigenvalue weighted by molar-refractivity contribution is -0.118. The molecule has 152 valence electrons. The molecule has 0 aliphatic heterocycles. The molecule has 0 radical (unpaired) electrons. The molecule has 1 aliphatic carbocycles. The van der Waals surface area contributed by atoms with Gasteiger partial charge >= 0.3 is 0 Å². The Labute approximate surface area is 172 Å². The number of benzene rings is 1. The van der Waals surface area contributed by atoms with Gasteiger partial charge in [0, 0.05) is 19.5 Å². The molecule has 1 heterocycles. The minimum Gasteiger partial charge on any atom is -0.355 e. The van der Waals surface area contributed by atoms with Gasteiger partial charge in [-0.15, -0.1) is 10.2 Å². The molecule has 0 unspecified atom stereocenters. The maximum atomic E-state index is 12.2. The molecular formula is C22H32N4OS. The fraction of sp³-hybridized carbons (Fsp3) is 0.591. The summed E-state index contributed by atoms with van der Waals surface area (Å²) in [5, 5.41) is 12.6. The molecule has 1 N–H and O–H groups in total. The third kappa shape index (κ3) is 6.36. The molecule has 0 spiro atoms. The Kier molecular flexibility index (Phi) is 8.40. The van der Waals surface area contributed by atoms with Crippen molar-refractivity contribution in [2.24, 2.45) is 5.92 Å². The standard InChI is InChI=1S/C22H32N4OS/c1-2-26-20(14-13-18-9-5-3-6-10-18)24-25-22(26)28-17-21(27)23-16-15-19-11-7-4-8-12-19/h4,7-8,11-12,18H,2-3,5-6,9-10,13-17H2,1H3,(H,23,27). The Balaban J connectivity index is 1.42. The summed E-state index contributed by atoms with van der Waals surface area (Å²) >= 11 is 1.49. The first-order chi connectivity index (χ1) is 13.8. The molecule has 1 aliphatic rings. The first-order valence-electron chi connectivity index (χ1n) is 10.6. The van der Waals surface area contributed by atoms with Crippen LogP contribution in [0, 0.1) is 5.92 Å². The minimum absolute atomic E-state index is 0.0512. The highest BCUT2D eigenvalue weighted by Gasteiger charge is 2.17. The van der Waals surface area contributed by atoms with E-state index in [9.17, 15) is 4.79 Å². The number of hydrogen-bond acceptors (Lipinski definition) is 4. The van der Waals surface area contributed by atoms with Gasteiger partial charge in [0.2, 0.25) is 5.91 Å². The van der Waals surface area contributed by atoms with Crippen molar-refractivity contribution in [3.05, 3.63) is 41.7 Å². The number of nitrogens with one attached hydrogen (secondary N) is 1. The van der Waals surface area contributed by atoms with E-state index in [2.05, 4.69) is 39.1 Å². The summed E-state index contributed by atoms with van der Waals surface area (Å²) in [4.78, 5) is 12.2. The smallest absolute Gasteiger partial charge is 0.230 e. The molecule has 0 atom stereocenters. The number of hydrogen-bond donors (Lipinski definition) is 1. The van der Waals surface area contributed by atoms with E-state index in [-0.39, 0.29) is 5.91 Å².